The van der Waals surface area contributed by atoms with Gasteiger partial charge in [-0.2, -0.15) is 0 Å². The van der Waals surface area contributed by atoms with Crippen molar-refractivity contribution in [3.8, 4) is 0 Å². The molecule has 0 heterocycles. The molecule has 0 saturated heterocycles. The standard InChI is InChI=1S/C17H25FN2O2/c1-5-22-14-10-17(19,16(14,2)3)15(21)20(4)11-12-6-8-13(18)9-7-12/h6-9,14H,5,10-11,19H2,1-4H3. The van der Waals surface area contributed by atoms with E-state index in [9.17, 15) is 9.18 Å². The molecule has 1 aliphatic rings. The second-order valence-electron chi connectivity index (χ2n) is 6.63. The number of nitrogens with zero attached hydrogens (tertiary/aromatic N) is 1. The van der Waals surface area contributed by atoms with Crippen molar-refractivity contribution in [3.63, 3.8) is 0 Å². The Hall–Kier alpha value is -1.46. The minimum Gasteiger partial charge on any atom is -0.378 e. The van der Waals surface area contributed by atoms with Crippen molar-refractivity contribution >= 4 is 5.91 Å². The highest BCUT2D eigenvalue weighted by Crippen LogP contribution is 2.50. The molecular formula is C17H25FN2O2. The first kappa shape index (κ1) is 16.9. The van der Waals surface area contributed by atoms with Gasteiger partial charge >= 0.3 is 0 Å². The van der Waals surface area contributed by atoms with Gasteiger partial charge in [0.05, 0.1) is 6.10 Å². The number of hydrogen-bond donors (Lipinski definition) is 1. The number of carbonyl (C=O) groups is 1. The first-order valence-electron chi connectivity index (χ1n) is 7.63. The molecule has 2 rings (SSSR count). The summed E-state index contributed by atoms with van der Waals surface area (Å²) in [6, 6.07) is 6.14. The molecule has 0 aromatic heterocycles. The molecule has 1 saturated carbocycles. The number of amides is 1. The van der Waals surface area contributed by atoms with E-state index < -0.39 is 11.0 Å². The average Bonchev–Trinajstić information content (AvgIpc) is 2.48. The van der Waals surface area contributed by atoms with Gasteiger partial charge in [0.1, 0.15) is 11.4 Å². The van der Waals surface area contributed by atoms with E-state index in [-0.39, 0.29) is 17.8 Å². The Morgan fingerprint density at radius 3 is 2.50 bits per heavy atom. The zero-order valence-electron chi connectivity index (χ0n) is 13.7. The molecule has 1 aromatic carbocycles. The first-order chi connectivity index (χ1) is 10.2. The Morgan fingerprint density at radius 2 is 2.00 bits per heavy atom. The van der Waals surface area contributed by atoms with Crippen LogP contribution in [-0.4, -0.2) is 36.1 Å². The summed E-state index contributed by atoms with van der Waals surface area (Å²) in [6.07, 6.45) is 0.533. The molecule has 1 aliphatic carbocycles. The molecule has 0 spiro atoms. The molecule has 2 unspecified atom stereocenters. The lowest BCUT2D eigenvalue weighted by Gasteiger charge is -2.58. The van der Waals surface area contributed by atoms with Gasteiger partial charge in [0, 0.05) is 32.0 Å². The molecule has 1 amide bonds. The number of hydrogen-bond acceptors (Lipinski definition) is 3. The van der Waals surface area contributed by atoms with Gasteiger partial charge in [0.15, 0.2) is 0 Å². The summed E-state index contributed by atoms with van der Waals surface area (Å²) >= 11 is 0. The summed E-state index contributed by atoms with van der Waals surface area (Å²) in [5, 5.41) is 0. The lowest BCUT2D eigenvalue weighted by Crippen LogP contribution is -2.75. The van der Waals surface area contributed by atoms with E-state index in [1.165, 1.54) is 12.1 Å². The third kappa shape index (κ3) is 2.75. The van der Waals surface area contributed by atoms with Crippen molar-refractivity contribution in [2.75, 3.05) is 13.7 Å². The molecule has 0 bridgehead atoms. The monoisotopic (exact) mass is 308 g/mol. The maximum absolute atomic E-state index is 12.9. The zero-order chi connectivity index (χ0) is 16.5. The summed E-state index contributed by atoms with van der Waals surface area (Å²) in [7, 11) is 1.73. The van der Waals surface area contributed by atoms with Crippen LogP contribution in [-0.2, 0) is 16.1 Å². The molecule has 5 heteroatoms. The van der Waals surface area contributed by atoms with Crippen LogP contribution in [0.2, 0.25) is 0 Å². The van der Waals surface area contributed by atoms with Gasteiger partial charge in [0.2, 0.25) is 5.91 Å². The van der Waals surface area contributed by atoms with Gasteiger partial charge in [0.25, 0.3) is 0 Å². The third-order valence-electron chi connectivity index (χ3n) is 4.89. The van der Waals surface area contributed by atoms with Crippen LogP contribution in [0.1, 0.15) is 32.8 Å². The number of nitrogens with two attached hydrogens (primary N) is 1. The second-order valence-corrected chi connectivity index (χ2v) is 6.63. The minimum atomic E-state index is -0.915. The molecule has 0 aliphatic heterocycles. The third-order valence-corrected chi connectivity index (χ3v) is 4.89. The van der Waals surface area contributed by atoms with Crippen LogP contribution in [0, 0.1) is 11.2 Å². The molecule has 1 fully saturated rings. The normalized spacial score (nSPS) is 26.4. The van der Waals surface area contributed by atoms with Crippen molar-refractivity contribution in [2.45, 2.75) is 45.4 Å². The Morgan fingerprint density at radius 1 is 1.41 bits per heavy atom. The molecule has 2 atom stereocenters. The maximum Gasteiger partial charge on any atom is 0.243 e. The quantitative estimate of drug-likeness (QED) is 0.908. The number of benzene rings is 1. The Kier molecular flexibility index (Phi) is 4.59. The van der Waals surface area contributed by atoms with Crippen LogP contribution in [0.25, 0.3) is 0 Å². The lowest BCUT2D eigenvalue weighted by atomic mass is 9.54. The number of halogens is 1. The highest BCUT2D eigenvalue weighted by Gasteiger charge is 2.63. The molecule has 4 nitrogen and oxygen atoms in total. The Labute approximate surface area is 131 Å². The molecule has 1 aromatic rings. The summed E-state index contributed by atoms with van der Waals surface area (Å²) < 4.78 is 18.6. The zero-order valence-corrected chi connectivity index (χ0v) is 13.7. The predicted octanol–water partition coefficient (Wildman–Crippen LogP) is 2.32. The average molecular weight is 308 g/mol. The summed E-state index contributed by atoms with van der Waals surface area (Å²) in [6.45, 7) is 6.91. The molecule has 2 N–H and O–H groups in total. The summed E-state index contributed by atoms with van der Waals surface area (Å²) in [5.74, 6) is -0.384. The van der Waals surface area contributed by atoms with Crippen LogP contribution >= 0.6 is 0 Å². The smallest absolute Gasteiger partial charge is 0.243 e. The van der Waals surface area contributed by atoms with E-state index in [1.54, 1.807) is 24.1 Å². The summed E-state index contributed by atoms with van der Waals surface area (Å²) in [4.78, 5) is 14.4. The van der Waals surface area contributed by atoms with Crippen molar-refractivity contribution < 1.29 is 13.9 Å². The Bertz CT molecular complexity index is 544. The van der Waals surface area contributed by atoms with Crippen LogP contribution in [0.15, 0.2) is 24.3 Å². The Balaban J connectivity index is 2.06. The van der Waals surface area contributed by atoms with Crippen molar-refractivity contribution in [1.82, 2.24) is 4.90 Å². The fourth-order valence-corrected chi connectivity index (χ4v) is 3.07. The molecule has 0 radical (unpaired) electrons. The van der Waals surface area contributed by atoms with E-state index in [0.29, 0.717) is 19.6 Å². The van der Waals surface area contributed by atoms with Gasteiger partial charge in [-0.3, -0.25) is 4.79 Å². The van der Waals surface area contributed by atoms with E-state index >= 15 is 0 Å². The SMILES string of the molecule is CCOC1CC(N)(C(=O)N(C)Cc2ccc(F)cc2)C1(C)C. The number of ether oxygens (including phenoxy) is 1. The summed E-state index contributed by atoms with van der Waals surface area (Å²) in [5.41, 5.74) is 5.95. The van der Waals surface area contributed by atoms with Gasteiger partial charge < -0.3 is 15.4 Å². The van der Waals surface area contributed by atoms with Crippen molar-refractivity contribution in [2.24, 2.45) is 11.1 Å². The predicted molar refractivity (Wildman–Crippen MR) is 83.6 cm³/mol. The fraction of sp³-hybridized carbons (Fsp3) is 0.588. The number of carbonyl (C=O) groups excluding carboxylic acids is 1. The van der Waals surface area contributed by atoms with E-state index in [0.717, 1.165) is 5.56 Å². The van der Waals surface area contributed by atoms with Crippen LogP contribution < -0.4 is 5.73 Å². The fourth-order valence-electron chi connectivity index (χ4n) is 3.07. The van der Waals surface area contributed by atoms with Crippen molar-refractivity contribution in [1.29, 1.82) is 0 Å². The molecular weight excluding hydrogens is 283 g/mol. The molecule has 122 valence electrons. The lowest BCUT2D eigenvalue weighted by molar-refractivity contribution is -0.178. The van der Waals surface area contributed by atoms with Crippen molar-refractivity contribution in [3.05, 3.63) is 35.6 Å². The number of rotatable bonds is 5. The largest absolute Gasteiger partial charge is 0.378 e. The van der Waals surface area contributed by atoms with E-state index in [2.05, 4.69) is 0 Å². The maximum atomic E-state index is 12.9. The first-order valence-corrected chi connectivity index (χ1v) is 7.63. The van der Waals surface area contributed by atoms with E-state index in [4.69, 9.17) is 10.5 Å². The van der Waals surface area contributed by atoms with Gasteiger partial charge in [-0.15, -0.1) is 0 Å². The van der Waals surface area contributed by atoms with Crippen LogP contribution in [0.5, 0.6) is 0 Å². The van der Waals surface area contributed by atoms with Crippen LogP contribution in [0.4, 0.5) is 4.39 Å². The topological polar surface area (TPSA) is 55.6 Å². The van der Waals surface area contributed by atoms with E-state index in [1.807, 2.05) is 20.8 Å². The van der Waals surface area contributed by atoms with Crippen LogP contribution in [0.3, 0.4) is 0 Å². The minimum absolute atomic E-state index is 0.00525. The van der Waals surface area contributed by atoms with Gasteiger partial charge in [-0.25, -0.2) is 4.39 Å². The molecule has 22 heavy (non-hydrogen) atoms. The second kappa shape index (κ2) is 5.97. The number of likely N-dealkylation sites (N-methyl/N-ethyl adjacent to an activating group) is 1. The highest BCUT2D eigenvalue weighted by atomic mass is 19.1. The van der Waals surface area contributed by atoms with Gasteiger partial charge in [-0.1, -0.05) is 26.0 Å². The highest BCUT2D eigenvalue weighted by molar-refractivity contribution is 5.88. The van der Waals surface area contributed by atoms with Gasteiger partial charge in [-0.05, 0) is 24.6 Å².